The van der Waals surface area contributed by atoms with Gasteiger partial charge in [0.2, 0.25) is 0 Å². The molecule has 3 rings (SSSR count). The molecule has 0 saturated heterocycles. The molecule has 7 nitrogen and oxygen atoms in total. The van der Waals surface area contributed by atoms with Crippen LogP contribution >= 0.6 is 23.4 Å². The maximum atomic E-state index is 12.6. The summed E-state index contributed by atoms with van der Waals surface area (Å²) in [5, 5.41) is 16.1. The third kappa shape index (κ3) is 6.76. The van der Waals surface area contributed by atoms with E-state index >= 15 is 0 Å². The Morgan fingerprint density at radius 2 is 1.94 bits per heavy atom. The molecule has 2 aromatic carbocycles. The Morgan fingerprint density at radius 1 is 1.21 bits per heavy atom. The topological polar surface area (TPSA) is 102 Å². The van der Waals surface area contributed by atoms with Crippen LogP contribution in [0, 0.1) is 0 Å². The number of aryl methyl sites for hydroxylation is 1. The molecule has 9 heteroatoms. The number of thioether (sulfide) groups is 1. The van der Waals surface area contributed by atoms with Crippen LogP contribution in [0.1, 0.15) is 43.2 Å². The smallest absolute Gasteiger partial charge is 0.412 e. The number of hydrogen-bond donors (Lipinski definition) is 2. The summed E-state index contributed by atoms with van der Waals surface area (Å²) in [6, 6.07) is 14.9. The molecule has 1 heterocycles. The molecule has 3 aromatic rings. The number of aromatic nitrogens is 1. The zero-order valence-electron chi connectivity index (χ0n) is 18.3. The number of halogens is 1. The van der Waals surface area contributed by atoms with Crippen LogP contribution < -0.4 is 5.32 Å². The average Bonchev–Trinajstić information content (AvgIpc) is 3.19. The van der Waals surface area contributed by atoms with E-state index in [4.69, 9.17) is 26.0 Å². The summed E-state index contributed by atoms with van der Waals surface area (Å²) in [4.78, 5) is 23.2. The second-order valence-electron chi connectivity index (χ2n) is 7.27. The van der Waals surface area contributed by atoms with Crippen LogP contribution in [-0.4, -0.2) is 28.1 Å². The molecule has 0 aliphatic heterocycles. The third-order valence-corrected chi connectivity index (χ3v) is 6.27. The molecule has 1 atom stereocenters. The number of nitrogens with one attached hydrogen (secondary N) is 1. The number of anilines is 1. The Balaban J connectivity index is 1.69. The van der Waals surface area contributed by atoms with Gasteiger partial charge in [-0.15, -0.1) is 0 Å². The summed E-state index contributed by atoms with van der Waals surface area (Å²) >= 11 is 7.76. The standard InChI is InChI=1S/C24H25ClN2O5S/c1-3-20-22(26-24(30)31-15(2)18-6-4-5-7-19(18)25)23(32-27-20)17-10-8-16(9-11-17)14-33-13-12-21(28)29/h4-11,15H,3,12-14H2,1-2H3,(H,26,30)(H,28,29). The molecule has 174 valence electrons. The van der Waals surface area contributed by atoms with Crippen LogP contribution in [0.15, 0.2) is 53.1 Å². The van der Waals surface area contributed by atoms with E-state index in [1.807, 2.05) is 49.4 Å². The average molecular weight is 489 g/mol. The largest absolute Gasteiger partial charge is 0.481 e. The van der Waals surface area contributed by atoms with Crippen molar-refractivity contribution in [2.75, 3.05) is 11.1 Å². The molecule has 0 fully saturated rings. The van der Waals surface area contributed by atoms with Crippen molar-refractivity contribution in [3.8, 4) is 11.3 Å². The van der Waals surface area contributed by atoms with Gasteiger partial charge in [0.1, 0.15) is 17.5 Å². The number of carbonyl (C=O) groups excluding carboxylic acids is 1. The zero-order valence-corrected chi connectivity index (χ0v) is 19.9. The van der Waals surface area contributed by atoms with Gasteiger partial charge in [-0.05, 0) is 25.0 Å². The fraction of sp³-hybridized carbons (Fsp3) is 0.292. The van der Waals surface area contributed by atoms with Gasteiger partial charge in [-0.2, -0.15) is 11.8 Å². The second kappa shape index (κ2) is 11.8. The first kappa shape index (κ1) is 24.7. The van der Waals surface area contributed by atoms with Gasteiger partial charge in [-0.25, -0.2) is 4.79 Å². The van der Waals surface area contributed by atoms with Gasteiger partial charge in [-0.3, -0.25) is 10.1 Å². The monoisotopic (exact) mass is 488 g/mol. The number of hydrogen-bond acceptors (Lipinski definition) is 6. The first-order chi connectivity index (χ1) is 15.9. The summed E-state index contributed by atoms with van der Waals surface area (Å²) in [6.07, 6.45) is -0.462. The lowest BCUT2D eigenvalue weighted by Crippen LogP contribution is -2.17. The number of ether oxygens (including phenoxy) is 1. The van der Waals surface area contributed by atoms with E-state index in [0.717, 1.165) is 11.1 Å². The maximum Gasteiger partial charge on any atom is 0.412 e. The Morgan fingerprint density at radius 3 is 2.61 bits per heavy atom. The van der Waals surface area contributed by atoms with E-state index < -0.39 is 18.2 Å². The van der Waals surface area contributed by atoms with Gasteiger partial charge in [0.15, 0.2) is 5.76 Å². The maximum absolute atomic E-state index is 12.6. The Hall–Kier alpha value is -2.97. The van der Waals surface area contributed by atoms with Crippen molar-refractivity contribution in [3.05, 3.63) is 70.4 Å². The molecule has 0 spiro atoms. The third-order valence-electron chi connectivity index (χ3n) is 4.90. The summed E-state index contributed by atoms with van der Waals surface area (Å²) in [6.45, 7) is 3.67. The van der Waals surface area contributed by atoms with Crippen molar-refractivity contribution in [2.45, 2.75) is 38.5 Å². The van der Waals surface area contributed by atoms with Gasteiger partial charge in [-0.1, -0.05) is 66.1 Å². The highest BCUT2D eigenvalue weighted by Gasteiger charge is 2.21. The van der Waals surface area contributed by atoms with E-state index in [1.54, 1.807) is 24.8 Å². The Bertz CT molecular complexity index is 1100. The molecule has 2 N–H and O–H groups in total. The molecule has 0 radical (unpaired) electrons. The SMILES string of the molecule is CCc1noc(-c2ccc(CSCCC(=O)O)cc2)c1NC(=O)OC(C)c1ccccc1Cl. The zero-order chi connectivity index (χ0) is 23.8. The van der Waals surface area contributed by atoms with Crippen LogP contribution in [0.4, 0.5) is 10.5 Å². The Kier molecular flexibility index (Phi) is 8.79. The highest BCUT2D eigenvalue weighted by Crippen LogP contribution is 2.33. The first-order valence-corrected chi connectivity index (χ1v) is 12.0. The van der Waals surface area contributed by atoms with Crippen molar-refractivity contribution < 1.29 is 24.0 Å². The minimum absolute atomic E-state index is 0.140. The number of carboxylic acid groups (broad SMARTS) is 1. The van der Waals surface area contributed by atoms with Crippen LogP contribution in [0.25, 0.3) is 11.3 Å². The quantitative estimate of drug-likeness (QED) is 0.311. The van der Waals surface area contributed by atoms with Gasteiger partial charge in [0.25, 0.3) is 0 Å². The van der Waals surface area contributed by atoms with Crippen molar-refractivity contribution in [1.82, 2.24) is 5.16 Å². The van der Waals surface area contributed by atoms with Gasteiger partial charge >= 0.3 is 12.1 Å². The number of rotatable bonds is 10. The van der Waals surface area contributed by atoms with E-state index in [9.17, 15) is 9.59 Å². The number of nitrogens with zero attached hydrogens (tertiary/aromatic N) is 1. The normalized spacial score (nSPS) is 11.7. The highest BCUT2D eigenvalue weighted by molar-refractivity contribution is 7.98. The molecule has 1 aromatic heterocycles. The van der Waals surface area contributed by atoms with E-state index in [0.29, 0.717) is 45.7 Å². The number of carboxylic acids is 1. The summed E-state index contributed by atoms with van der Waals surface area (Å²) in [5.74, 6) is 0.914. The highest BCUT2D eigenvalue weighted by atomic mass is 35.5. The second-order valence-corrected chi connectivity index (χ2v) is 8.79. The minimum Gasteiger partial charge on any atom is -0.481 e. The molecule has 0 aliphatic carbocycles. The minimum atomic E-state index is -0.797. The fourth-order valence-corrected chi connectivity index (χ4v) is 4.33. The lowest BCUT2D eigenvalue weighted by Gasteiger charge is -2.15. The van der Waals surface area contributed by atoms with E-state index in [-0.39, 0.29) is 6.42 Å². The molecule has 0 saturated carbocycles. The lowest BCUT2D eigenvalue weighted by molar-refractivity contribution is -0.136. The Labute approximate surface area is 201 Å². The number of benzene rings is 2. The predicted octanol–water partition coefficient (Wildman–Crippen LogP) is 6.58. The van der Waals surface area contributed by atoms with Gasteiger partial charge in [0, 0.05) is 27.7 Å². The van der Waals surface area contributed by atoms with Crippen molar-refractivity contribution in [2.24, 2.45) is 0 Å². The fourth-order valence-electron chi connectivity index (χ4n) is 3.15. The summed E-state index contributed by atoms with van der Waals surface area (Å²) in [7, 11) is 0. The molecule has 0 bridgehead atoms. The summed E-state index contributed by atoms with van der Waals surface area (Å²) < 4.78 is 11.1. The van der Waals surface area contributed by atoms with E-state index in [1.165, 1.54) is 0 Å². The molecule has 33 heavy (non-hydrogen) atoms. The van der Waals surface area contributed by atoms with Crippen LogP contribution in [0.3, 0.4) is 0 Å². The molecular weight excluding hydrogens is 464 g/mol. The lowest BCUT2D eigenvalue weighted by atomic mass is 10.1. The van der Waals surface area contributed by atoms with Gasteiger partial charge < -0.3 is 14.4 Å². The summed E-state index contributed by atoms with van der Waals surface area (Å²) in [5.41, 5.74) is 3.62. The van der Waals surface area contributed by atoms with Crippen molar-refractivity contribution >= 4 is 41.1 Å². The number of aliphatic carboxylic acids is 1. The van der Waals surface area contributed by atoms with Crippen LogP contribution in [0.2, 0.25) is 5.02 Å². The van der Waals surface area contributed by atoms with Gasteiger partial charge in [0.05, 0.1) is 6.42 Å². The molecule has 1 amide bonds. The predicted molar refractivity (Wildman–Crippen MR) is 130 cm³/mol. The van der Waals surface area contributed by atoms with Crippen molar-refractivity contribution in [3.63, 3.8) is 0 Å². The molecule has 0 aliphatic rings. The number of amides is 1. The molecule has 1 unspecified atom stereocenters. The number of carbonyl (C=O) groups is 2. The van der Waals surface area contributed by atoms with E-state index in [2.05, 4.69) is 10.5 Å². The van der Waals surface area contributed by atoms with Crippen LogP contribution in [-0.2, 0) is 21.7 Å². The van der Waals surface area contributed by atoms with Crippen LogP contribution in [0.5, 0.6) is 0 Å². The van der Waals surface area contributed by atoms with Crippen molar-refractivity contribution in [1.29, 1.82) is 0 Å². The first-order valence-electron chi connectivity index (χ1n) is 10.5. The molecular formula is C24H25ClN2O5S.